The van der Waals surface area contributed by atoms with E-state index >= 15 is 0 Å². The lowest BCUT2D eigenvalue weighted by Gasteiger charge is -2.27. The maximum atomic E-state index is 13.3. The summed E-state index contributed by atoms with van der Waals surface area (Å²) >= 11 is 0. The van der Waals surface area contributed by atoms with Crippen molar-refractivity contribution in [2.24, 2.45) is 0 Å². The van der Waals surface area contributed by atoms with Crippen molar-refractivity contribution in [2.45, 2.75) is 19.9 Å². The number of Topliss-reactive ketones (excluding diaryl/α,β-unsaturated/α-hetero) is 1. The highest BCUT2D eigenvalue weighted by molar-refractivity contribution is 6.51. The Balaban J connectivity index is 1.97. The molecule has 33 heavy (non-hydrogen) atoms. The van der Waals surface area contributed by atoms with Gasteiger partial charge in [-0.3, -0.25) is 14.5 Å². The maximum Gasteiger partial charge on any atom is 0.300 e. The fourth-order valence-electron chi connectivity index (χ4n) is 4.07. The van der Waals surface area contributed by atoms with E-state index in [1.54, 1.807) is 43.5 Å². The third-order valence-electron chi connectivity index (χ3n) is 6.01. The molecule has 6 nitrogen and oxygen atoms in total. The van der Waals surface area contributed by atoms with E-state index in [1.165, 1.54) is 12.0 Å². The fraction of sp³-hybridized carbons (Fsp3) is 0.185. The highest BCUT2D eigenvalue weighted by Crippen LogP contribution is 2.45. The van der Waals surface area contributed by atoms with Crippen molar-refractivity contribution in [3.8, 4) is 11.5 Å². The zero-order valence-corrected chi connectivity index (χ0v) is 19.0. The molecule has 1 atom stereocenters. The number of amides is 1. The van der Waals surface area contributed by atoms with Crippen LogP contribution in [0.1, 0.15) is 28.3 Å². The van der Waals surface area contributed by atoms with Gasteiger partial charge in [0, 0.05) is 16.8 Å². The molecule has 6 heteroatoms. The molecule has 3 aromatic carbocycles. The maximum absolute atomic E-state index is 13.3. The quantitative estimate of drug-likeness (QED) is 0.343. The Labute approximate surface area is 192 Å². The molecule has 1 amide bonds. The minimum atomic E-state index is -0.856. The summed E-state index contributed by atoms with van der Waals surface area (Å²) < 4.78 is 10.7. The van der Waals surface area contributed by atoms with Crippen molar-refractivity contribution in [3.63, 3.8) is 0 Å². The number of aliphatic hydroxyl groups excluding tert-OH is 1. The zero-order valence-electron chi connectivity index (χ0n) is 19.0. The van der Waals surface area contributed by atoms with E-state index in [0.29, 0.717) is 28.3 Å². The number of anilines is 1. The number of ketones is 1. The molecule has 3 aromatic rings. The molecule has 0 bridgehead atoms. The van der Waals surface area contributed by atoms with Crippen LogP contribution in [0.25, 0.3) is 5.76 Å². The summed E-state index contributed by atoms with van der Waals surface area (Å²) in [6.07, 6.45) is 0. The van der Waals surface area contributed by atoms with Crippen LogP contribution in [0, 0.1) is 13.8 Å². The number of hydrogen-bond donors (Lipinski definition) is 1. The molecule has 1 saturated heterocycles. The van der Waals surface area contributed by atoms with Crippen LogP contribution < -0.4 is 14.4 Å². The first-order valence-corrected chi connectivity index (χ1v) is 10.5. The van der Waals surface area contributed by atoms with Gasteiger partial charge in [-0.05, 0) is 67.4 Å². The topological polar surface area (TPSA) is 76.1 Å². The Hall–Kier alpha value is -4.06. The molecule has 1 heterocycles. The van der Waals surface area contributed by atoms with E-state index in [2.05, 4.69) is 0 Å². The Bertz CT molecular complexity index is 1260. The summed E-state index contributed by atoms with van der Waals surface area (Å²) in [5, 5.41) is 11.2. The van der Waals surface area contributed by atoms with Gasteiger partial charge in [-0.1, -0.05) is 24.3 Å². The van der Waals surface area contributed by atoms with E-state index in [1.807, 2.05) is 44.2 Å². The predicted octanol–water partition coefficient (Wildman–Crippen LogP) is 4.95. The van der Waals surface area contributed by atoms with Gasteiger partial charge in [0.15, 0.2) is 0 Å². The smallest absolute Gasteiger partial charge is 0.300 e. The molecule has 168 valence electrons. The van der Waals surface area contributed by atoms with E-state index in [-0.39, 0.29) is 11.3 Å². The monoisotopic (exact) mass is 443 g/mol. The first kappa shape index (κ1) is 22.1. The van der Waals surface area contributed by atoms with Crippen molar-refractivity contribution in [1.82, 2.24) is 0 Å². The number of methoxy groups -OCH3 is 2. The molecule has 0 spiro atoms. The number of rotatable bonds is 5. The lowest BCUT2D eigenvalue weighted by molar-refractivity contribution is -0.132. The van der Waals surface area contributed by atoms with Crippen LogP contribution >= 0.6 is 0 Å². The van der Waals surface area contributed by atoms with Crippen LogP contribution in [0.4, 0.5) is 5.69 Å². The lowest BCUT2D eigenvalue weighted by atomic mass is 9.94. The van der Waals surface area contributed by atoms with Gasteiger partial charge < -0.3 is 14.6 Å². The van der Waals surface area contributed by atoms with Crippen LogP contribution in [0.2, 0.25) is 0 Å². The summed E-state index contributed by atoms with van der Waals surface area (Å²) in [6.45, 7) is 3.93. The minimum absolute atomic E-state index is 0.00731. The summed E-state index contributed by atoms with van der Waals surface area (Å²) in [5.74, 6) is -0.581. The van der Waals surface area contributed by atoms with Gasteiger partial charge in [-0.2, -0.15) is 0 Å². The molecule has 0 saturated carbocycles. The molecular formula is C27H25NO5. The Morgan fingerprint density at radius 3 is 2.21 bits per heavy atom. The Kier molecular flexibility index (Phi) is 5.92. The van der Waals surface area contributed by atoms with Crippen molar-refractivity contribution >= 4 is 23.1 Å². The summed E-state index contributed by atoms with van der Waals surface area (Å²) in [6, 6.07) is 18.6. The van der Waals surface area contributed by atoms with E-state index in [4.69, 9.17) is 9.47 Å². The SMILES string of the molecule is COc1ccc(/C(O)=C2\C(=O)C(=O)N(c3ccc(C)c(C)c3)C2c2ccccc2OC)cc1. The third-order valence-corrected chi connectivity index (χ3v) is 6.01. The first-order valence-electron chi connectivity index (χ1n) is 10.5. The molecule has 4 rings (SSSR count). The molecule has 1 aliphatic rings. The average molecular weight is 443 g/mol. The van der Waals surface area contributed by atoms with Crippen molar-refractivity contribution < 1.29 is 24.2 Å². The molecule has 1 aliphatic heterocycles. The highest BCUT2D eigenvalue weighted by Gasteiger charge is 2.47. The number of aliphatic hydroxyl groups is 1. The van der Waals surface area contributed by atoms with Crippen molar-refractivity contribution in [2.75, 3.05) is 19.1 Å². The molecule has 1 fully saturated rings. The number of carbonyl (C=O) groups is 2. The Morgan fingerprint density at radius 1 is 0.879 bits per heavy atom. The molecule has 1 N–H and O–H groups in total. The van der Waals surface area contributed by atoms with Gasteiger partial charge in [-0.15, -0.1) is 0 Å². The van der Waals surface area contributed by atoms with Crippen LogP contribution in [0.15, 0.2) is 72.3 Å². The summed E-state index contributed by atoms with van der Waals surface area (Å²) in [5.41, 5.74) is 3.66. The molecule has 0 aliphatic carbocycles. The largest absolute Gasteiger partial charge is 0.507 e. The molecule has 0 aromatic heterocycles. The number of aryl methyl sites for hydroxylation is 2. The minimum Gasteiger partial charge on any atom is -0.507 e. The standard InChI is InChI=1S/C27H25NO5/c1-16-9-12-19(15-17(16)2)28-24(21-7-5-6-8-22(21)33-4)23(26(30)27(28)31)25(29)18-10-13-20(32-3)14-11-18/h5-15,24,29H,1-4H3/b25-23+. The number of ether oxygens (including phenoxy) is 2. The fourth-order valence-corrected chi connectivity index (χ4v) is 4.07. The molecular weight excluding hydrogens is 418 g/mol. The number of para-hydroxylation sites is 1. The number of nitrogens with zero attached hydrogens (tertiary/aromatic N) is 1. The van der Waals surface area contributed by atoms with E-state index in [0.717, 1.165) is 11.1 Å². The average Bonchev–Trinajstić information content (AvgIpc) is 3.10. The van der Waals surface area contributed by atoms with E-state index < -0.39 is 17.7 Å². The third kappa shape index (κ3) is 3.84. The van der Waals surface area contributed by atoms with Crippen LogP contribution in [-0.2, 0) is 9.59 Å². The molecule has 1 unspecified atom stereocenters. The second-order valence-corrected chi connectivity index (χ2v) is 7.91. The van der Waals surface area contributed by atoms with Gasteiger partial charge in [0.1, 0.15) is 17.3 Å². The van der Waals surface area contributed by atoms with Gasteiger partial charge in [0.05, 0.1) is 25.8 Å². The van der Waals surface area contributed by atoms with Crippen molar-refractivity contribution in [1.29, 1.82) is 0 Å². The van der Waals surface area contributed by atoms with Crippen LogP contribution in [0.5, 0.6) is 11.5 Å². The zero-order chi connectivity index (χ0) is 23.7. The van der Waals surface area contributed by atoms with Crippen LogP contribution in [0.3, 0.4) is 0 Å². The number of hydrogen-bond acceptors (Lipinski definition) is 5. The second-order valence-electron chi connectivity index (χ2n) is 7.91. The normalized spacial score (nSPS) is 17.3. The van der Waals surface area contributed by atoms with Gasteiger partial charge in [0.2, 0.25) is 0 Å². The summed E-state index contributed by atoms with van der Waals surface area (Å²) in [4.78, 5) is 28.0. The Morgan fingerprint density at radius 2 is 1.58 bits per heavy atom. The van der Waals surface area contributed by atoms with Gasteiger partial charge in [-0.25, -0.2) is 0 Å². The second kappa shape index (κ2) is 8.82. The summed E-state index contributed by atoms with van der Waals surface area (Å²) in [7, 11) is 3.08. The molecule has 0 radical (unpaired) electrons. The first-order chi connectivity index (χ1) is 15.9. The lowest BCUT2D eigenvalue weighted by Crippen LogP contribution is -2.29. The van der Waals surface area contributed by atoms with Gasteiger partial charge in [0.25, 0.3) is 11.7 Å². The van der Waals surface area contributed by atoms with Crippen molar-refractivity contribution in [3.05, 3.63) is 94.6 Å². The van der Waals surface area contributed by atoms with E-state index in [9.17, 15) is 14.7 Å². The predicted molar refractivity (Wildman–Crippen MR) is 127 cm³/mol. The van der Waals surface area contributed by atoms with Gasteiger partial charge >= 0.3 is 0 Å². The number of benzene rings is 3. The highest BCUT2D eigenvalue weighted by atomic mass is 16.5. The number of carbonyl (C=O) groups excluding carboxylic acids is 2. The van der Waals surface area contributed by atoms with Crippen LogP contribution in [-0.4, -0.2) is 31.0 Å².